The van der Waals surface area contributed by atoms with E-state index in [1.807, 2.05) is 30.3 Å². The van der Waals surface area contributed by atoms with Crippen LogP contribution in [-0.4, -0.2) is 16.8 Å². The van der Waals surface area contributed by atoms with Crippen molar-refractivity contribution in [2.75, 3.05) is 5.32 Å². The van der Waals surface area contributed by atoms with Crippen molar-refractivity contribution in [2.45, 2.75) is 18.6 Å². The molecule has 1 N–H and O–H groups in total. The number of carbonyl (C=O) groups excluding carboxylic acids is 1. The molecular weight excluding hydrogens is 515 g/mol. The second kappa shape index (κ2) is 10.6. The van der Waals surface area contributed by atoms with Gasteiger partial charge in [-0.1, -0.05) is 54.1 Å². The van der Waals surface area contributed by atoms with Gasteiger partial charge in [0.05, 0.1) is 17.3 Å². The Kier molecular flexibility index (Phi) is 7.07. The number of ether oxygens (including phenoxy) is 1. The van der Waals surface area contributed by atoms with Crippen LogP contribution in [0.5, 0.6) is 11.5 Å². The Morgan fingerprint density at radius 2 is 1.50 bits per heavy atom. The van der Waals surface area contributed by atoms with Crippen molar-refractivity contribution >= 4 is 29.0 Å². The fourth-order valence-electron chi connectivity index (χ4n) is 4.08. The molecule has 38 heavy (non-hydrogen) atoms. The van der Waals surface area contributed by atoms with E-state index in [1.165, 1.54) is 17.1 Å². The van der Waals surface area contributed by atoms with Crippen LogP contribution in [0.1, 0.15) is 29.2 Å². The van der Waals surface area contributed by atoms with Crippen LogP contribution < -0.4 is 10.1 Å². The van der Waals surface area contributed by atoms with Crippen molar-refractivity contribution < 1.29 is 22.7 Å². The highest BCUT2D eigenvalue weighted by Crippen LogP contribution is 2.36. The summed E-state index contributed by atoms with van der Waals surface area (Å²) >= 11 is 6.01. The van der Waals surface area contributed by atoms with Crippen molar-refractivity contribution in [3.63, 3.8) is 0 Å². The number of rotatable bonds is 5. The van der Waals surface area contributed by atoms with Crippen molar-refractivity contribution in [1.82, 2.24) is 5.01 Å². The first-order valence-corrected chi connectivity index (χ1v) is 12.1. The molecule has 9 heteroatoms. The lowest BCUT2D eigenvalue weighted by molar-refractivity contribution is -0.137. The monoisotopic (exact) mass is 535 g/mol. The van der Waals surface area contributed by atoms with E-state index in [-0.39, 0.29) is 0 Å². The molecule has 5 nitrogen and oxygen atoms in total. The number of hydrazone groups is 1. The summed E-state index contributed by atoms with van der Waals surface area (Å²) < 4.78 is 45.1. The molecule has 0 aromatic heterocycles. The van der Waals surface area contributed by atoms with Crippen LogP contribution in [0.3, 0.4) is 0 Å². The highest BCUT2D eigenvalue weighted by Gasteiger charge is 2.35. The fraction of sp³-hybridized carbons (Fsp3) is 0.103. The second-order valence-corrected chi connectivity index (χ2v) is 9.04. The van der Waals surface area contributed by atoms with Crippen molar-refractivity contribution in [2.24, 2.45) is 5.10 Å². The van der Waals surface area contributed by atoms with Crippen LogP contribution >= 0.6 is 11.6 Å². The summed E-state index contributed by atoms with van der Waals surface area (Å²) in [7, 11) is 0. The Hall–Kier alpha value is -4.30. The Morgan fingerprint density at radius 1 is 0.868 bits per heavy atom. The van der Waals surface area contributed by atoms with Gasteiger partial charge in [0.1, 0.15) is 11.5 Å². The van der Waals surface area contributed by atoms with E-state index in [0.29, 0.717) is 39.9 Å². The Labute approximate surface area is 222 Å². The van der Waals surface area contributed by atoms with Gasteiger partial charge in [0.15, 0.2) is 0 Å². The van der Waals surface area contributed by atoms with E-state index in [2.05, 4.69) is 10.4 Å². The largest absolute Gasteiger partial charge is 0.457 e. The average Bonchev–Trinajstić information content (AvgIpc) is 3.36. The van der Waals surface area contributed by atoms with Crippen LogP contribution in [0, 0.1) is 0 Å². The lowest BCUT2D eigenvalue weighted by Crippen LogP contribution is -2.31. The van der Waals surface area contributed by atoms with Crippen LogP contribution in [0.2, 0.25) is 5.02 Å². The molecule has 4 aromatic carbocycles. The van der Waals surface area contributed by atoms with E-state index in [0.717, 1.165) is 17.7 Å². The molecule has 1 aliphatic rings. The molecule has 5 rings (SSSR count). The van der Waals surface area contributed by atoms with Gasteiger partial charge < -0.3 is 10.1 Å². The number of para-hydroxylation sites is 1. The molecule has 0 saturated heterocycles. The molecule has 1 unspecified atom stereocenters. The first-order chi connectivity index (χ1) is 18.3. The number of halogens is 4. The standard InChI is InChI=1S/C29H21ClF3N3O2/c30-22-12-8-19(9-13-22)26-18-27(20-6-10-21(11-7-20)29(31,32)33)36(35-26)28(37)34-23-14-16-25(17-15-23)38-24-4-2-1-3-5-24/h1-17,27H,18H2,(H,34,37). The van der Waals surface area contributed by atoms with Gasteiger partial charge in [-0.3, -0.25) is 0 Å². The highest BCUT2D eigenvalue weighted by atomic mass is 35.5. The molecule has 0 saturated carbocycles. The average molecular weight is 536 g/mol. The summed E-state index contributed by atoms with van der Waals surface area (Å²) in [6.45, 7) is 0. The molecule has 0 aliphatic carbocycles. The number of hydrogen-bond donors (Lipinski definition) is 1. The molecule has 1 heterocycles. The van der Waals surface area contributed by atoms with Gasteiger partial charge in [-0.15, -0.1) is 0 Å². The maximum Gasteiger partial charge on any atom is 0.416 e. The van der Waals surface area contributed by atoms with E-state index in [1.54, 1.807) is 48.5 Å². The lowest BCUT2D eigenvalue weighted by Gasteiger charge is -2.23. The van der Waals surface area contributed by atoms with Gasteiger partial charge in [0, 0.05) is 17.1 Å². The topological polar surface area (TPSA) is 53.9 Å². The molecular formula is C29H21ClF3N3O2. The molecule has 1 aliphatic heterocycles. The van der Waals surface area contributed by atoms with E-state index >= 15 is 0 Å². The maximum absolute atomic E-state index is 13.3. The first kappa shape index (κ1) is 25.4. The van der Waals surface area contributed by atoms with Crippen LogP contribution in [0.15, 0.2) is 108 Å². The molecule has 192 valence electrons. The van der Waals surface area contributed by atoms with Gasteiger partial charge in [-0.2, -0.15) is 18.3 Å². The van der Waals surface area contributed by atoms with Crippen LogP contribution in [0.25, 0.3) is 0 Å². The number of urea groups is 1. The van der Waals surface area contributed by atoms with Gasteiger partial charge in [0.2, 0.25) is 0 Å². The number of nitrogens with one attached hydrogen (secondary N) is 1. The van der Waals surface area contributed by atoms with Gasteiger partial charge in [-0.05, 0) is 71.8 Å². The number of alkyl halides is 3. The SMILES string of the molecule is O=C(Nc1ccc(Oc2ccccc2)cc1)N1N=C(c2ccc(Cl)cc2)CC1c1ccc(C(F)(F)F)cc1. The molecule has 4 aromatic rings. The molecule has 0 spiro atoms. The number of hydrogen-bond acceptors (Lipinski definition) is 3. The molecule has 0 radical (unpaired) electrons. The predicted octanol–water partition coefficient (Wildman–Crippen LogP) is 8.53. The van der Waals surface area contributed by atoms with E-state index < -0.39 is 23.8 Å². The summed E-state index contributed by atoms with van der Waals surface area (Å²) in [6.07, 6.45) is -4.13. The number of nitrogens with zero attached hydrogens (tertiary/aromatic N) is 2. The summed E-state index contributed by atoms with van der Waals surface area (Å²) in [4.78, 5) is 13.3. The minimum atomic E-state index is -4.45. The number of anilines is 1. The maximum atomic E-state index is 13.3. The summed E-state index contributed by atoms with van der Waals surface area (Å²) in [5.74, 6) is 1.28. The summed E-state index contributed by atoms with van der Waals surface area (Å²) in [6, 6.07) is 26.8. The van der Waals surface area contributed by atoms with E-state index in [4.69, 9.17) is 16.3 Å². The molecule has 1 atom stereocenters. The highest BCUT2D eigenvalue weighted by molar-refractivity contribution is 6.30. The smallest absolute Gasteiger partial charge is 0.416 e. The minimum Gasteiger partial charge on any atom is -0.457 e. The molecule has 0 fully saturated rings. The van der Waals surface area contributed by atoms with Gasteiger partial charge in [-0.25, -0.2) is 9.80 Å². The van der Waals surface area contributed by atoms with Gasteiger partial charge in [0.25, 0.3) is 0 Å². The predicted molar refractivity (Wildman–Crippen MR) is 141 cm³/mol. The number of amides is 2. The summed E-state index contributed by atoms with van der Waals surface area (Å²) in [5, 5.41) is 9.17. The van der Waals surface area contributed by atoms with Crippen molar-refractivity contribution in [1.29, 1.82) is 0 Å². The lowest BCUT2D eigenvalue weighted by atomic mass is 9.97. The third-order valence-corrected chi connectivity index (χ3v) is 6.26. The summed E-state index contributed by atoms with van der Waals surface area (Å²) in [5.41, 5.74) is 1.67. The van der Waals surface area contributed by atoms with Gasteiger partial charge >= 0.3 is 12.2 Å². The number of carbonyl (C=O) groups is 1. The Balaban J connectivity index is 1.37. The van der Waals surface area contributed by atoms with E-state index in [9.17, 15) is 18.0 Å². The van der Waals surface area contributed by atoms with Crippen LogP contribution in [-0.2, 0) is 6.18 Å². The zero-order chi connectivity index (χ0) is 26.7. The minimum absolute atomic E-state index is 0.324. The van der Waals surface area contributed by atoms with Crippen molar-refractivity contribution in [3.05, 3.63) is 125 Å². The number of benzene rings is 4. The zero-order valence-corrected chi connectivity index (χ0v) is 20.6. The molecule has 0 bridgehead atoms. The van der Waals surface area contributed by atoms with Crippen LogP contribution in [0.4, 0.5) is 23.7 Å². The zero-order valence-electron chi connectivity index (χ0n) is 19.8. The Bertz CT molecular complexity index is 1440. The normalized spacial score (nSPS) is 15.2. The Morgan fingerprint density at radius 3 is 2.13 bits per heavy atom. The third kappa shape index (κ3) is 5.81. The fourth-order valence-corrected chi connectivity index (χ4v) is 4.21. The third-order valence-electron chi connectivity index (χ3n) is 6.00. The second-order valence-electron chi connectivity index (χ2n) is 8.61. The van der Waals surface area contributed by atoms with Crippen molar-refractivity contribution in [3.8, 4) is 11.5 Å². The first-order valence-electron chi connectivity index (χ1n) is 11.7. The molecule has 2 amide bonds. The quantitative estimate of drug-likeness (QED) is 0.278.